The number of unbranched alkanes of at least 4 members (excludes halogenated alkanes) is 1. The van der Waals surface area contributed by atoms with Gasteiger partial charge in [-0.05, 0) is 19.9 Å². The molecule has 1 aromatic rings. The van der Waals surface area contributed by atoms with Gasteiger partial charge in [-0.3, -0.25) is 0 Å². The Bertz CT molecular complexity index is 286. The van der Waals surface area contributed by atoms with Crippen LogP contribution in [0.25, 0.3) is 0 Å². The summed E-state index contributed by atoms with van der Waals surface area (Å²) in [5, 5.41) is 0. The molecule has 0 aromatic carbocycles. The Labute approximate surface area is 103 Å². The predicted octanol–water partition coefficient (Wildman–Crippen LogP) is 2.53. The number of halogens is 1. The topological polar surface area (TPSA) is 21.1 Å². The highest BCUT2D eigenvalue weighted by atomic mass is 35.5. The van der Waals surface area contributed by atoms with Crippen molar-refractivity contribution in [1.29, 1.82) is 0 Å². The summed E-state index contributed by atoms with van der Waals surface area (Å²) in [5.74, 6) is 1.80. The van der Waals surface area contributed by atoms with Crippen LogP contribution in [0.4, 0.5) is 0 Å². The summed E-state index contributed by atoms with van der Waals surface area (Å²) in [6.07, 6.45) is 6.38. The minimum atomic E-state index is 0.715. The van der Waals surface area contributed by atoms with E-state index in [4.69, 9.17) is 11.6 Å². The molecule has 0 amide bonds. The van der Waals surface area contributed by atoms with E-state index >= 15 is 0 Å². The van der Waals surface area contributed by atoms with Crippen molar-refractivity contribution in [3.8, 4) is 0 Å². The van der Waals surface area contributed by atoms with Gasteiger partial charge in [-0.15, -0.1) is 11.6 Å². The first kappa shape index (κ1) is 13.5. The highest BCUT2D eigenvalue weighted by molar-refractivity contribution is 6.18. The molecular weight excluding hydrogens is 222 g/mol. The SMILES string of the molecule is CCCCN(CCCl)CCn1ccnc1C. The second-order valence-corrected chi connectivity index (χ2v) is 4.43. The highest BCUT2D eigenvalue weighted by Crippen LogP contribution is 2.00. The number of aromatic nitrogens is 2. The zero-order valence-electron chi connectivity index (χ0n) is 10.3. The van der Waals surface area contributed by atoms with Crippen LogP contribution >= 0.6 is 11.6 Å². The van der Waals surface area contributed by atoms with Crippen molar-refractivity contribution in [3.05, 3.63) is 18.2 Å². The molecule has 0 atom stereocenters. The third kappa shape index (κ3) is 4.54. The molecule has 0 N–H and O–H groups in total. The fourth-order valence-corrected chi connectivity index (χ4v) is 1.96. The van der Waals surface area contributed by atoms with Crippen LogP contribution in [0.2, 0.25) is 0 Å². The number of hydrogen-bond acceptors (Lipinski definition) is 2. The van der Waals surface area contributed by atoms with Crippen LogP contribution in [0, 0.1) is 6.92 Å². The van der Waals surface area contributed by atoms with E-state index in [2.05, 4.69) is 21.4 Å². The lowest BCUT2D eigenvalue weighted by Crippen LogP contribution is -2.30. The number of aryl methyl sites for hydroxylation is 1. The lowest BCUT2D eigenvalue weighted by Gasteiger charge is -2.21. The Morgan fingerprint density at radius 3 is 2.75 bits per heavy atom. The molecule has 0 saturated heterocycles. The van der Waals surface area contributed by atoms with Gasteiger partial charge in [0.05, 0.1) is 0 Å². The molecule has 1 rings (SSSR count). The third-order valence-corrected chi connectivity index (χ3v) is 2.98. The van der Waals surface area contributed by atoms with E-state index in [0.717, 1.165) is 32.0 Å². The summed E-state index contributed by atoms with van der Waals surface area (Å²) < 4.78 is 2.19. The van der Waals surface area contributed by atoms with Crippen molar-refractivity contribution in [3.63, 3.8) is 0 Å². The van der Waals surface area contributed by atoms with Crippen LogP contribution in [-0.4, -0.2) is 40.0 Å². The van der Waals surface area contributed by atoms with Gasteiger partial charge in [0.25, 0.3) is 0 Å². The normalized spacial score (nSPS) is 11.2. The number of imidazole rings is 1. The lowest BCUT2D eigenvalue weighted by molar-refractivity contribution is 0.272. The summed E-state index contributed by atoms with van der Waals surface area (Å²) in [5.41, 5.74) is 0. The lowest BCUT2D eigenvalue weighted by atomic mass is 10.3. The molecular formula is C12H22ClN3. The van der Waals surface area contributed by atoms with Crippen LogP contribution in [0.3, 0.4) is 0 Å². The molecule has 0 saturated carbocycles. The molecule has 1 aromatic heterocycles. The Balaban J connectivity index is 2.34. The van der Waals surface area contributed by atoms with E-state index in [1.165, 1.54) is 12.8 Å². The van der Waals surface area contributed by atoms with Gasteiger partial charge in [0.1, 0.15) is 5.82 Å². The summed E-state index contributed by atoms with van der Waals surface area (Å²) in [6.45, 7) is 8.46. The van der Waals surface area contributed by atoms with Crippen LogP contribution in [0.1, 0.15) is 25.6 Å². The molecule has 0 bridgehead atoms. The van der Waals surface area contributed by atoms with E-state index in [9.17, 15) is 0 Å². The minimum Gasteiger partial charge on any atom is -0.334 e. The van der Waals surface area contributed by atoms with Crippen molar-refractivity contribution in [2.45, 2.75) is 33.2 Å². The largest absolute Gasteiger partial charge is 0.334 e. The molecule has 0 radical (unpaired) electrons. The Kier molecular flexibility index (Phi) is 6.50. The monoisotopic (exact) mass is 243 g/mol. The van der Waals surface area contributed by atoms with Gasteiger partial charge < -0.3 is 9.47 Å². The molecule has 0 aliphatic rings. The molecule has 0 aliphatic carbocycles. The van der Waals surface area contributed by atoms with Crippen LogP contribution in [0.15, 0.2) is 12.4 Å². The number of hydrogen-bond donors (Lipinski definition) is 0. The second kappa shape index (κ2) is 7.69. The van der Waals surface area contributed by atoms with Gasteiger partial charge in [-0.25, -0.2) is 4.98 Å². The average Bonchev–Trinajstić information content (AvgIpc) is 2.68. The summed E-state index contributed by atoms with van der Waals surface area (Å²) in [4.78, 5) is 6.65. The van der Waals surface area contributed by atoms with Gasteiger partial charge in [-0.2, -0.15) is 0 Å². The quantitative estimate of drug-likeness (QED) is 0.655. The summed E-state index contributed by atoms with van der Waals surface area (Å²) in [6, 6.07) is 0. The van der Waals surface area contributed by atoms with E-state index in [1.54, 1.807) is 0 Å². The smallest absolute Gasteiger partial charge is 0.105 e. The zero-order valence-corrected chi connectivity index (χ0v) is 11.1. The third-order valence-electron chi connectivity index (χ3n) is 2.81. The zero-order chi connectivity index (χ0) is 11.8. The van der Waals surface area contributed by atoms with Gasteiger partial charge in [0.2, 0.25) is 0 Å². The second-order valence-electron chi connectivity index (χ2n) is 4.05. The van der Waals surface area contributed by atoms with Crippen molar-refractivity contribution in [2.24, 2.45) is 0 Å². The fourth-order valence-electron chi connectivity index (χ4n) is 1.73. The van der Waals surface area contributed by atoms with E-state index < -0.39 is 0 Å². The first-order valence-electron chi connectivity index (χ1n) is 6.04. The Morgan fingerprint density at radius 1 is 1.38 bits per heavy atom. The number of rotatable bonds is 8. The van der Waals surface area contributed by atoms with Gasteiger partial charge in [0, 0.05) is 37.9 Å². The molecule has 0 spiro atoms. The van der Waals surface area contributed by atoms with Crippen molar-refractivity contribution < 1.29 is 0 Å². The maximum atomic E-state index is 5.81. The fraction of sp³-hybridized carbons (Fsp3) is 0.750. The van der Waals surface area contributed by atoms with Crippen molar-refractivity contribution in [2.75, 3.05) is 25.5 Å². The number of nitrogens with zero attached hydrogens (tertiary/aromatic N) is 3. The molecule has 4 heteroatoms. The molecule has 0 fully saturated rings. The summed E-state index contributed by atoms with van der Waals surface area (Å²) >= 11 is 5.81. The molecule has 0 unspecified atom stereocenters. The van der Waals surface area contributed by atoms with E-state index in [-0.39, 0.29) is 0 Å². The highest BCUT2D eigenvalue weighted by Gasteiger charge is 2.04. The minimum absolute atomic E-state index is 0.715. The molecule has 92 valence electrons. The van der Waals surface area contributed by atoms with Gasteiger partial charge in [0.15, 0.2) is 0 Å². The van der Waals surface area contributed by atoms with Gasteiger partial charge >= 0.3 is 0 Å². The molecule has 1 heterocycles. The van der Waals surface area contributed by atoms with Crippen molar-refractivity contribution >= 4 is 11.6 Å². The predicted molar refractivity (Wildman–Crippen MR) is 69.0 cm³/mol. The standard InChI is InChI=1S/C12H22ClN3/c1-3-4-7-15(8-5-13)10-11-16-9-6-14-12(16)2/h6,9H,3-5,7-8,10-11H2,1-2H3. The van der Waals surface area contributed by atoms with Crippen LogP contribution in [0.5, 0.6) is 0 Å². The molecule has 16 heavy (non-hydrogen) atoms. The van der Waals surface area contributed by atoms with Crippen LogP contribution < -0.4 is 0 Å². The maximum Gasteiger partial charge on any atom is 0.105 e. The van der Waals surface area contributed by atoms with Gasteiger partial charge in [-0.1, -0.05) is 13.3 Å². The number of alkyl halides is 1. The first-order valence-corrected chi connectivity index (χ1v) is 6.57. The Hall–Kier alpha value is -0.540. The maximum absolute atomic E-state index is 5.81. The molecule has 3 nitrogen and oxygen atoms in total. The first-order chi connectivity index (χ1) is 7.77. The molecule has 0 aliphatic heterocycles. The van der Waals surface area contributed by atoms with E-state index in [1.807, 2.05) is 19.3 Å². The van der Waals surface area contributed by atoms with Crippen LogP contribution in [-0.2, 0) is 6.54 Å². The average molecular weight is 244 g/mol. The van der Waals surface area contributed by atoms with Crippen molar-refractivity contribution in [1.82, 2.24) is 14.5 Å². The van der Waals surface area contributed by atoms with E-state index in [0.29, 0.717) is 5.88 Å². The summed E-state index contributed by atoms with van der Waals surface area (Å²) in [7, 11) is 0. The Morgan fingerprint density at radius 2 is 2.19 bits per heavy atom.